The molecule has 196 valence electrons. The van der Waals surface area contributed by atoms with Gasteiger partial charge in [0.1, 0.15) is 0 Å². The molecular weight excluding hydrogens is 472 g/mol. The molecule has 39 heavy (non-hydrogen) atoms. The summed E-state index contributed by atoms with van der Waals surface area (Å²) < 4.78 is 0. The highest BCUT2D eigenvalue weighted by Crippen LogP contribution is 2.26. The second-order valence-corrected chi connectivity index (χ2v) is 10.6. The number of hydrogen-bond donors (Lipinski definition) is 0. The van der Waals surface area contributed by atoms with E-state index in [0.29, 0.717) is 11.3 Å². The van der Waals surface area contributed by atoms with Crippen molar-refractivity contribution in [3.05, 3.63) is 124 Å². The molecule has 0 spiro atoms. The van der Waals surface area contributed by atoms with Gasteiger partial charge in [0, 0.05) is 0 Å². The fourth-order valence-corrected chi connectivity index (χ4v) is 5.29. The summed E-state index contributed by atoms with van der Waals surface area (Å²) >= 11 is 0. The molecule has 0 saturated carbocycles. The molecule has 0 aliphatic heterocycles. The number of nitriles is 1. The standard InChI is InChI=1S/C37H38N2/c1-28-25-35(33-15-13-30(27-38)14-16-33)19-17-31(28)11-9-7-5-4-6-8-10-12-32-18-20-36(26-29(32)2)34-21-23-37(39-3)24-22-34/h13-26H,4-12H2,1-2H3. The lowest BCUT2D eigenvalue weighted by Crippen LogP contribution is -1.92. The Labute approximate surface area is 234 Å². The molecule has 4 aromatic rings. The van der Waals surface area contributed by atoms with Gasteiger partial charge in [-0.2, -0.15) is 5.26 Å². The fraction of sp³-hybridized carbons (Fsp3) is 0.297. The van der Waals surface area contributed by atoms with Crippen LogP contribution in [0.25, 0.3) is 27.1 Å². The molecule has 0 atom stereocenters. The molecule has 2 nitrogen and oxygen atoms in total. The number of hydrogen-bond acceptors (Lipinski definition) is 1. The summed E-state index contributed by atoms with van der Waals surface area (Å²) in [6.45, 7) is 11.5. The van der Waals surface area contributed by atoms with E-state index in [9.17, 15) is 0 Å². The van der Waals surface area contributed by atoms with Gasteiger partial charge in [-0.3, -0.25) is 0 Å². The Kier molecular flexibility index (Phi) is 10.1. The molecule has 4 rings (SSSR count). The predicted octanol–water partition coefficient (Wildman–Crippen LogP) is 10.6. The molecule has 0 aliphatic rings. The van der Waals surface area contributed by atoms with Crippen LogP contribution in [0.3, 0.4) is 0 Å². The summed E-state index contributed by atoms with van der Waals surface area (Å²) in [5.74, 6) is 0. The topological polar surface area (TPSA) is 28.1 Å². The molecule has 4 aromatic carbocycles. The van der Waals surface area contributed by atoms with E-state index in [4.69, 9.17) is 11.8 Å². The van der Waals surface area contributed by atoms with Crippen LogP contribution in [0, 0.1) is 31.8 Å². The van der Waals surface area contributed by atoms with Crippen molar-refractivity contribution >= 4 is 5.69 Å². The Morgan fingerprint density at radius 3 is 1.38 bits per heavy atom. The second-order valence-electron chi connectivity index (χ2n) is 10.6. The van der Waals surface area contributed by atoms with Gasteiger partial charge >= 0.3 is 0 Å². The number of aryl methyl sites for hydroxylation is 4. The molecule has 0 unspecified atom stereocenters. The van der Waals surface area contributed by atoms with Gasteiger partial charge in [-0.1, -0.05) is 105 Å². The van der Waals surface area contributed by atoms with E-state index in [2.05, 4.69) is 61.2 Å². The van der Waals surface area contributed by atoms with E-state index in [-0.39, 0.29) is 0 Å². The van der Waals surface area contributed by atoms with Crippen LogP contribution in [0.5, 0.6) is 0 Å². The predicted molar refractivity (Wildman–Crippen MR) is 164 cm³/mol. The Morgan fingerprint density at radius 2 is 0.974 bits per heavy atom. The minimum Gasteiger partial charge on any atom is -0.238 e. The van der Waals surface area contributed by atoms with Gasteiger partial charge in [0.25, 0.3) is 0 Å². The van der Waals surface area contributed by atoms with Gasteiger partial charge in [-0.15, -0.1) is 0 Å². The van der Waals surface area contributed by atoms with Crippen molar-refractivity contribution in [3.8, 4) is 28.3 Å². The Balaban J connectivity index is 1.11. The zero-order chi connectivity index (χ0) is 27.5. The summed E-state index contributed by atoms with van der Waals surface area (Å²) in [6.07, 6.45) is 11.4. The zero-order valence-electron chi connectivity index (χ0n) is 23.3. The summed E-state index contributed by atoms with van der Waals surface area (Å²) in [5.41, 5.74) is 11.8. The average Bonchev–Trinajstić information content (AvgIpc) is 2.97. The highest BCUT2D eigenvalue weighted by Gasteiger charge is 2.05. The van der Waals surface area contributed by atoms with Crippen molar-refractivity contribution in [1.82, 2.24) is 0 Å². The first-order valence-corrected chi connectivity index (χ1v) is 14.2. The van der Waals surface area contributed by atoms with Crippen molar-refractivity contribution in [2.45, 2.75) is 71.6 Å². The van der Waals surface area contributed by atoms with Crippen molar-refractivity contribution < 1.29 is 0 Å². The van der Waals surface area contributed by atoms with Crippen LogP contribution in [-0.4, -0.2) is 0 Å². The van der Waals surface area contributed by atoms with Gasteiger partial charge in [0.15, 0.2) is 5.69 Å². The van der Waals surface area contributed by atoms with Crippen molar-refractivity contribution in [1.29, 1.82) is 5.26 Å². The van der Waals surface area contributed by atoms with E-state index in [1.54, 1.807) is 0 Å². The molecule has 0 fully saturated rings. The average molecular weight is 511 g/mol. The molecule has 2 heteroatoms. The van der Waals surface area contributed by atoms with Gasteiger partial charge in [0.05, 0.1) is 18.2 Å². The lowest BCUT2D eigenvalue weighted by Gasteiger charge is -2.10. The largest absolute Gasteiger partial charge is 0.238 e. The molecule has 0 bridgehead atoms. The first-order valence-electron chi connectivity index (χ1n) is 14.2. The highest BCUT2D eigenvalue weighted by molar-refractivity contribution is 5.67. The third kappa shape index (κ3) is 7.92. The molecule has 0 aromatic heterocycles. The Bertz CT molecular complexity index is 1330. The van der Waals surface area contributed by atoms with Crippen molar-refractivity contribution in [2.24, 2.45) is 0 Å². The van der Waals surface area contributed by atoms with E-state index in [1.807, 2.05) is 48.5 Å². The molecule has 0 aliphatic carbocycles. The Hall–Kier alpha value is -4.14. The van der Waals surface area contributed by atoms with Gasteiger partial charge in [-0.25, -0.2) is 4.85 Å². The molecule has 0 saturated heterocycles. The van der Waals surface area contributed by atoms with Gasteiger partial charge in [-0.05, 0) is 96.2 Å². The maximum absolute atomic E-state index is 9.00. The first-order chi connectivity index (χ1) is 19.1. The second kappa shape index (κ2) is 14.1. The van der Waals surface area contributed by atoms with Crippen LogP contribution in [0.1, 0.15) is 72.8 Å². The molecule has 0 radical (unpaired) electrons. The summed E-state index contributed by atoms with van der Waals surface area (Å²) in [5, 5.41) is 9.00. The molecule has 0 N–H and O–H groups in total. The van der Waals surface area contributed by atoms with E-state index >= 15 is 0 Å². The smallest absolute Gasteiger partial charge is 0.187 e. The fourth-order valence-electron chi connectivity index (χ4n) is 5.29. The SMILES string of the molecule is [C-]#[N+]c1ccc(-c2ccc(CCCCCCCCCc3ccc(-c4ccc(C#N)cc4)cc3C)c(C)c2)cc1. The monoisotopic (exact) mass is 510 g/mol. The normalized spacial score (nSPS) is 10.7. The minimum absolute atomic E-state index is 0.689. The highest BCUT2D eigenvalue weighted by atomic mass is 14.6. The van der Waals surface area contributed by atoms with Gasteiger partial charge in [0.2, 0.25) is 0 Å². The number of rotatable bonds is 12. The van der Waals surface area contributed by atoms with Crippen molar-refractivity contribution in [3.63, 3.8) is 0 Å². The van der Waals surface area contributed by atoms with Crippen LogP contribution in [0.2, 0.25) is 0 Å². The minimum atomic E-state index is 0.689. The van der Waals surface area contributed by atoms with E-state index < -0.39 is 0 Å². The summed E-state index contributed by atoms with van der Waals surface area (Å²) in [7, 11) is 0. The van der Waals surface area contributed by atoms with E-state index in [1.165, 1.54) is 89.5 Å². The molecule has 0 amide bonds. The van der Waals surface area contributed by atoms with Crippen LogP contribution in [0.15, 0.2) is 84.9 Å². The lowest BCUT2D eigenvalue weighted by molar-refractivity contribution is 0.578. The number of benzene rings is 4. The molecular formula is C37H38N2. The van der Waals surface area contributed by atoms with Crippen LogP contribution in [0.4, 0.5) is 5.69 Å². The third-order valence-corrected chi connectivity index (χ3v) is 7.75. The summed E-state index contributed by atoms with van der Waals surface area (Å²) in [6, 6.07) is 31.4. The lowest BCUT2D eigenvalue weighted by atomic mass is 9.95. The third-order valence-electron chi connectivity index (χ3n) is 7.75. The zero-order valence-corrected chi connectivity index (χ0v) is 23.3. The van der Waals surface area contributed by atoms with Crippen LogP contribution < -0.4 is 0 Å². The van der Waals surface area contributed by atoms with Crippen LogP contribution in [-0.2, 0) is 12.8 Å². The van der Waals surface area contributed by atoms with Gasteiger partial charge < -0.3 is 0 Å². The number of unbranched alkanes of at least 4 members (excludes halogenated alkanes) is 6. The first kappa shape index (κ1) is 27.9. The maximum Gasteiger partial charge on any atom is 0.187 e. The number of nitrogens with zero attached hydrogens (tertiary/aromatic N) is 2. The van der Waals surface area contributed by atoms with Crippen molar-refractivity contribution in [2.75, 3.05) is 0 Å². The van der Waals surface area contributed by atoms with E-state index in [0.717, 1.165) is 12.8 Å². The Morgan fingerprint density at radius 1 is 0.564 bits per heavy atom. The quantitative estimate of drug-likeness (QED) is 0.138. The molecule has 0 heterocycles. The maximum atomic E-state index is 9.00. The van der Waals surface area contributed by atoms with Crippen LogP contribution >= 0.6 is 0 Å². The summed E-state index contributed by atoms with van der Waals surface area (Å²) in [4.78, 5) is 3.48.